The molecule has 108 valence electrons. The monoisotopic (exact) mass is 262 g/mol. The molecule has 0 heterocycles. The van der Waals surface area contributed by atoms with Gasteiger partial charge in [-0.15, -0.1) is 0 Å². The summed E-state index contributed by atoms with van der Waals surface area (Å²) in [6.07, 6.45) is 1.16. The highest BCUT2D eigenvalue weighted by Crippen LogP contribution is 2.22. The Hall–Kier alpha value is -0.860. The third-order valence-electron chi connectivity index (χ3n) is 4.35. The van der Waals surface area contributed by atoms with Crippen molar-refractivity contribution in [3.8, 4) is 0 Å². The lowest BCUT2D eigenvalue weighted by atomic mass is 9.96. The number of aryl methyl sites for hydroxylation is 2. The fraction of sp³-hybridized carbons (Fsp3) is 0.647. The van der Waals surface area contributed by atoms with E-state index < -0.39 is 0 Å². The molecule has 1 atom stereocenters. The van der Waals surface area contributed by atoms with Crippen LogP contribution in [0.25, 0.3) is 0 Å². The molecular weight excluding hydrogens is 232 g/mol. The van der Waals surface area contributed by atoms with Crippen LogP contribution in [0.5, 0.6) is 0 Å². The molecule has 0 aliphatic rings. The van der Waals surface area contributed by atoms with E-state index in [9.17, 15) is 0 Å². The van der Waals surface area contributed by atoms with Gasteiger partial charge in [-0.3, -0.25) is 4.90 Å². The number of hydrogen-bond donors (Lipinski definition) is 1. The average molecular weight is 262 g/mol. The highest BCUT2D eigenvalue weighted by atomic mass is 15.2. The lowest BCUT2D eigenvalue weighted by molar-refractivity contribution is 0.137. The molecule has 0 aliphatic carbocycles. The first-order valence-corrected chi connectivity index (χ1v) is 7.27. The third kappa shape index (κ3) is 4.32. The number of hydrogen-bond acceptors (Lipinski definition) is 2. The topological polar surface area (TPSA) is 15.3 Å². The fourth-order valence-electron chi connectivity index (χ4n) is 2.37. The molecule has 1 aromatic carbocycles. The van der Waals surface area contributed by atoms with Crippen LogP contribution >= 0.6 is 0 Å². The second-order valence-electron chi connectivity index (χ2n) is 6.31. The van der Waals surface area contributed by atoms with Crippen molar-refractivity contribution in [2.45, 2.75) is 52.6 Å². The van der Waals surface area contributed by atoms with Gasteiger partial charge in [-0.1, -0.05) is 36.2 Å². The van der Waals surface area contributed by atoms with Gasteiger partial charge in [0.2, 0.25) is 0 Å². The molecule has 0 amide bonds. The van der Waals surface area contributed by atoms with E-state index >= 15 is 0 Å². The predicted octanol–water partition coefficient (Wildman–Crippen LogP) is 3.68. The van der Waals surface area contributed by atoms with Crippen molar-refractivity contribution >= 4 is 0 Å². The second kappa shape index (κ2) is 6.53. The van der Waals surface area contributed by atoms with E-state index in [1.807, 2.05) is 0 Å². The van der Waals surface area contributed by atoms with Gasteiger partial charge in [0.25, 0.3) is 0 Å². The average Bonchev–Trinajstić information content (AvgIpc) is 2.34. The van der Waals surface area contributed by atoms with Gasteiger partial charge in [-0.2, -0.15) is 0 Å². The van der Waals surface area contributed by atoms with Gasteiger partial charge in [0.05, 0.1) is 0 Å². The lowest BCUT2D eigenvalue weighted by Gasteiger charge is -2.37. The molecule has 0 aliphatic heterocycles. The molecule has 0 spiro atoms. The summed E-state index contributed by atoms with van der Waals surface area (Å²) < 4.78 is 0. The summed E-state index contributed by atoms with van der Waals surface area (Å²) in [5.74, 6) is 0. The van der Waals surface area contributed by atoms with Crippen LogP contribution in [0.4, 0.5) is 0 Å². The molecule has 1 rings (SSSR count). The van der Waals surface area contributed by atoms with E-state index in [2.05, 4.69) is 77.1 Å². The predicted molar refractivity (Wildman–Crippen MR) is 84.7 cm³/mol. The normalized spacial score (nSPS) is 13.9. The molecule has 0 saturated carbocycles. The van der Waals surface area contributed by atoms with Crippen LogP contribution in [0.15, 0.2) is 18.2 Å². The summed E-state index contributed by atoms with van der Waals surface area (Å²) in [5, 5.41) is 3.46. The minimum absolute atomic E-state index is 0.244. The van der Waals surface area contributed by atoms with Gasteiger partial charge in [0, 0.05) is 18.1 Å². The SMILES string of the molecule is CCC(C)(C)N(C)CC(NC)c1cc(C)cc(C)c1. The van der Waals surface area contributed by atoms with E-state index in [0.717, 1.165) is 13.0 Å². The summed E-state index contributed by atoms with van der Waals surface area (Å²) >= 11 is 0. The Bertz CT molecular complexity index is 389. The van der Waals surface area contributed by atoms with E-state index in [1.54, 1.807) is 0 Å². The zero-order chi connectivity index (χ0) is 14.6. The molecule has 0 fully saturated rings. The smallest absolute Gasteiger partial charge is 0.0447 e. The van der Waals surface area contributed by atoms with Crippen LogP contribution < -0.4 is 5.32 Å². The first-order valence-electron chi connectivity index (χ1n) is 7.27. The Labute approximate surface area is 119 Å². The molecule has 0 aromatic heterocycles. The molecule has 0 saturated heterocycles. The van der Waals surface area contributed by atoms with Crippen LogP contribution in [0.2, 0.25) is 0 Å². The van der Waals surface area contributed by atoms with Gasteiger partial charge in [-0.25, -0.2) is 0 Å². The van der Waals surface area contributed by atoms with Gasteiger partial charge in [-0.05, 0) is 53.8 Å². The number of nitrogens with zero attached hydrogens (tertiary/aromatic N) is 1. The number of nitrogens with one attached hydrogen (secondary N) is 1. The molecule has 1 aromatic rings. The second-order valence-corrected chi connectivity index (χ2v) is 6.31. The molecule has 1 N–H and O–H groups in total. The summed E-state index contributed by atoms with van der Waals surface area (Å²) in [6, 6.07) is 7.20. The van der Waals surface area contributed by atoms with Crippen molar-refractivity contribution in [1.82, 2.24) is 10.2 Å². The van der Waals surface area contributed by atoms with Crippen LogP contribution in [-0.2, 0) is 0 Å². The van der Waals surface area contributed by atoms with E-state index in [0.29, 0.717) is 6.04 Å². The van der Waals surface area contributed by atoms with Crippen molar-refractivity contribution < 1.29 is 0 Å². The molecule has 2 nitrogen and oxygen atoms in total. The number of benzene rings is 1. The molecule has 1 unspecified atom stereocenters. The molecule has 0 radical (unpaired) electrons. The van der Waals surface area contributed by atoms with Gasteiger partial charge in [0.1, 0.15) is 0 Å². The maximum absolute atomic E-state index is 3.46. The van der Waals surface area contributed by atoms with Crippen LogP contribution in [0.3, 0.4) is 0 Å². The maximum Gasteiger partial charge on any atom is 0.0447 e. The molecule has 2 heteroatoms. The Morgan fingerprint density at radius 2 is 1.68 bits per heavy atom. The van der Waals surface area contributed by atoms with Crippen molar-refractivity contribution in [3.05, 3.63) is 34.9 Å². The Morgan fingerprint density at radius 3 is 2.11 bits per heavy atom. The summed E-state index contributed by atoms with van der Waals surface area (Å²) in [5.41, 5.74) is 4.31. The van der Waals surface area contributed by atoms with Crippen LogP contribution in [-0.4, -0.2) is 31.1 Å². The summed E-state index contributed by atoms with van der Waals surface area (Å²) in [7, 11) is 4.27. The highest BCUT2D eigenvalue weighted by Gasteiger charge is 2.24. The highest BCUT2D eigenvalue weighted by molar-refractivity contribution is 5.30. The Kier molecular flexibility index (Phi) is 5.57. The first kappa shape index (κ1) is 16.2. The van der Waals surface area contributed by atoms with Gasteiger partial charge >= 0.3 is 0 Å². The lowest BCUT2D eigenvalue weighted by Crippen LogP contribution is -2.44. The quantitative estimate of drug-likeness (QED) is 0.841. The summed E-state index contributed by atoms with van der Waals surface area (Å²) in [6.45, 7) is 12.2. The zero-order valence-electron chi connectivity index (χ0n) is 13.7. The Morgan fingerprint density at radius 1 is 1.16 bits per heavy atom. The van der Waals surface area contributed by atoms with E-state index in [4.69, 9.17) is 0 Å². The maximum atomic E-state index is 3.46. The summed E-state index contributed by atoms with van der Waals surface area (Å²) in [4.78, 5) is 2.45. The minimum Gasteiger partial charge on any atom is -0.312 e. The van der Waals surface area contributed by atoms with Crippen molar-refractivity contribution in [2.24, 2.45) is 0 Å². The van der Waals surface area contributed by atoms with Crippen molar-refractivity contribution in [2.75, 3.05) is 20.6 Å². The third-order valence-corrected chi connectivity index (χ3v) is 4.35. The zero-order valence-corrected chi connectivity index (χ0v) is 13.7. The van der Waals surface area contributed by atoms with E-state index in [1.165, 1.54) is 16.7 Å². The molecule has 0 bridgehead atoms. The Balaban J connectivity index is 2.89. The van der Waals surface area contributed by atoms with Gasteiger partial charge in [0.15, 0.2) is 0 Å². The van der Waals surface area contributed by atoms with Crippen molar-refractivity contribution in [3.63, 3.8) is 0 Å². The van der Waals surface area contributed by atoms with Crippen molar-refractivity contribution in [1.29, 1.82) is 0 Å². The van der Waals surface area contributed by atoms with E-state index in [-0.39, 0.29) is 5.54 Å². The largest absolute Gasteiger partial charge is 0.312 e. The molecule has 19 heavy (non-hydrogen) atoms. The van der Waals surface area contributed by atoms with Crippen LogP contribution in [0, 0.1) is 13.8 Å². The standard InChI is InChI=1S/C17H30N2/c1-8-17(4,5)19(7)12-16(18-6)15-10-13(2)9-14(3)11-15/h9-11,16,18H,8,12H2,1-7H3. The fourth-order valence-corrected chi connectivity index (χ4v) is 2.37. The number of rotatable bonds is 6. The molecular formula is C17H30N2. The number of likely N-dealkylation sites (N-methyl/N-ethyl adjacent to an activating group) is 2. The minimum atomic E-state index is 0.244. The van der Waals surface area contributed by atoms with Gasteiger partial charge < -0.3 is 5.32 Å². The van der Waals surface area contributed by atoms with Crippen LogP contribution in [0.1, 0.15) is 49.9 Å². The first-order chi connectivity index (χ1) is 8.80.